The lowest BCUT2D eigenvalue weighted by atomic mass is 9.68. The number of esters is 1. The molecule has 0 heterocycles. The summed E-state index contributed by atoms with van der Waals surface area (Å²) >= 11 is 6.28. The maximum absolute atomic E-state index is 12.6. The van der Waals surface area contributed by atoms with Crippen LogP contribution in [0.5, 0.6) is 0 Å². The Balaban J connectivity index is 2.49. The van der Waals surface area contributed by atoms with Gasteiger partial charge in [0.1, 0.15) is 5.60 Å². The van der Waals surface area contributed by atoms with Crippen molar-refractivity contribution in [2.45, 2.75) is 72.8 Å². The number of carboxylic acids is 1. The van der Waals surface area contributed by atoms with Crippen molar-refractivity contribution in [2.24, 2.45) is 11.3 Å². The Labute approximate surface area is 208 Å². The maximum atomic E-state index is 12.6. The first kappa shape index (κ1) is 27.9. The molecule has 2 unspecified atom stereocenters. The average Bonchev–Trinajstić information content (AvgIpc) is 2.69. The van der Waals surface area contributed by atoms with E-state index in [2.05, 4.69) is 0 Å². The number of rotatable bonds is 8. The molecule has 6 heteroatoms. The lowest BCUT2D eigenvalue weighted by molar-refractivity contribution is -0.153. The Morgan fingerprint density at radius 1 is 1.00 bits per heavy atom. The standard InChI is InChI=1S/C28H37ClO5/c1-17-11-21(14-22(29)12-17)27(7,8)15-28(33,19(3)24(30)31)20-9-10-23(18(2)13-20)25(32)34-16-26(4,5)6/h9-14,19,33H,15-16H2,1-8H3,(H,30,31). The molecule has 0 aliphatic carbocycles. The van der Waals surface area contributed by atoms with Gasteiger partial charge in [0.25, 0.3) is 0 Å². The zero-order valence-corrected chi connectivity index (χ0v) is 22.2. The SMILES string of the molecule is Cc1cc(Cl)cc(C(C)(C)CC(O)(c2ccc(C(=O)OCC(C)(C)C)c(C)c2)C(C)C(=O)O)c1. The summed E-state index contributed by atoms with van der Waals surface area (Å²) in [4.78, 5) is 24.6. The quantitative estimate of drug-likeness (QED) is 0.418. The number of hydrogen-bond acceptors (Lipinski definition) is 4. The highest BCUT2D eigenvalue weighted by Crippen LogP contribution is 2.43. The number of halogens is 1. The van der Waals surface area contributed by atoms with Gasteiger partial charge in [-0.1, -0.05) is 64.4 Å². The van der Waals surface area contributed by atoms with Gasteiger partial charge < -0.3 is 14.9 Å². The topological polar surface area (TPSA) is 83.8 Å². The van der Waals surface area contributed by atoms with Gasteiger partial charge in [-0.25, -0.2) is 4.79 Å². The van der Waals surface area contributed by atoms with Gasteiger partial charge in [-0.3, -0.25) is 4.79 Å². The van der Waals surface area contributed by atoms with Gasteiger partial charge in [0, 0.05) is 5.02 Å². The van der Waals surface area contributed by atoms with Gasteiger partial charge in [0.15, 0.2) is 0 Å². The average molecular weight is 489 g/mol. The number of aliphatic carboxylic acids is 1. The number of carboxylic acid groups (broad SMARTS) is 1. The van der Waals surface area contributed by atoms with E-state index in [0.29, 0.717) is 21.7 Å². The summed E-state index contributed by atoms with van der Waals surface area (Å²) in [6.45, 7) is 15.3. The number of hydrogen-bond donors (Lipinski definition) is 2. The summed E-state index contributed by atoms with van der Waals surface area (Å²) in [5.74, 6) is -2.64. The van der Waals surface area contributed by atoms with E-state index in [1.165, 1.54) is 6.92 Å². The van der Waals surface area contributed by atoms with Crippen molar-refractivity contribution >= 4 is 23.5 Å². The van der Waals surface area contributed by atoms with Crippen molar-refractivity contribution in [2.75, 3.05) is 6.61 Å². The van der Waals surface area contributed by atoms with Crippen molar-refractivity contribution in [3.05, 3.63) is 69.2 Å². The molecule has 2 aromatic carbocycles. The molecule has 0 radical (unpaired) electrons. The van der Waals surface area contributed by atoms with Crippen LogP contribution in [-0.2, 0) is 20.5 Å². The van der Waals surface area contributed by atoms with Crippen molar-refractivity contribution in [3.63, 3.8) is 0 Å². The minimum atomic E-state index is -1.69. The molecular formula is C28H37ClO5. The Morgan fingerprint density at radius 3 is 2.12 bits per heavy atom. The fourth-order valence-corrected chi connectivity index (χ4v) is 4.42. The highest BCUT2D eigenvalue weighted by Gasteiger charge is 2.45. The van der Waals surface area contributed by atoms with Crippen LogP contribution in [0.1, 0.15) is 80.6 Å². The maximum Gasteiger partial charge on any atom is 0.338 e. The van der Waals surface area contributed by atoms with E-state index >= 15 is 0 Å². The fraction of sp³-hybridized carbons (Fsp3) is 0.500. The fourth-order valence-electron chi connectivity index (χ4n) is 4.13. The number of ether oxygens (including phenoxy) is 1. The van der Waals surface area contributed by atoms with Crippen molar-refractivity contribution < 1.29 is 24.5 Å². The predicted octanol–water partition coefficient (Wildman–Crippen LogP) is 6.44. The highest BCUT2D eigenvalue weighted by atomic mass is 35.5. The van der Waals surface area contributed by atoms with E-state index in [9.17, 15) is 19.8 Å². The number of carbonyl (C=O) groups excluding carboxylic acids is 1. The number of benzene rings is 2. The van der Waals surface area contributed by atoms with Gasteiger partial charge in [-0.2, -0.15) is 0 Å². The summed E-state index contributed by atoms with van der Waals surface area (Å²) in [5.41, 5.74) is 0.902. The molecule has 0 saturated carbocycles. The van der Waals surface area contributed by atoms with Crippen LogP contribution in [-0.4, -0.2) is 28.8 Å². The second-order valence-corrected chi connectivity index (χ2v) is 11.7. The Bertz CT molecular complexity index is 1050. The second-order valence-electron chi connectivity index (χ2n) is 11.2. The third-order valence-corrected chi connectivity index (χ3v) is 6.42. The van der Waals surface area contributed by atoms with E-state index in [1.807, 2.05) is 59.7 Å². The molecule has 34 heavy (non-hydrogen) atoms. The number of aliphatic hydroxyl groups is 1. The van der Waals surface area contributed by atoms with E-state index < -0.39 is 28.9 Å². The van der Waals surface area contributed by atoms with Crippen LogP contribution in [0.25, 0.3) is 0 Å². The van der Waals surface area contributed by atoms with Gasteiger partial charge >= 0.3 is 11.9 Å². The van der Waals surface area contributed by atoms with Crippen LogP contribution in [0.3, 0.4) is 0 Å². The number of carbonyl (C=O) groups is 2. The van der Waals surface area contributed by atoms with Crippen LogP contribution in [0.15, 0.2) is 36.4 Å². The molecule has 0 spiro atoms. The van der Waals surface area contributed by atoms with Crippen molar-refractivity contribution in [3.8, 4) is 0 Å². The van der Waals surface area contributed by atoms with E-state index in [-0.39, 0.29) is 18.4 Å². The van der Waals surface area contributed by atoms with Crippen molar-refractivity contribution in [1.29, 1.82) is 0 Å². The molecule has 0 saturated heterocycles. The lowest BCUT2D eigenvalue weighted by Gasteiger charge is -2.40. The van der Waals surface area contributed by atoms with Gasteiger partial charge in [-0.05, 0) is 78.5 Å². The third kappa shape index (κ3) is 6.61. The minimum absolute atomic E-state index is 0.139. The molecule has 0 aliphatic rings. The molecule has 2 rings (SSSR count). The smallest absolute Gasteiger partial charge is 0.338 e. The third-order valence-electron chi connectivity index (χ3n) is 6.20. The summed E-state index contributed by atoms with van der Waals surface area (Å²) in [6, 6.07) is 10.6. The Hall–Kier alpha value is -2.37. The number of aryl methyl sites for hydroxylation is 2. The molecule has 2 aromatic rings. The predicted molar refractivity (Wildman–Crippen MR) is 135 cm³/mol. The van der Waals surface area contributed by atoms with Crippen LogP contribution in [0.4, 0.5) is 0 Å². The van der Waals surface area contributed by atoms with Crippen LogP contribution < -0.4 is 0 Å². The first-order valence-corrected chi connectivity index (χ1v) is 11.9. The molecule has 0 aromatic heterocycles. The summed E-state index contributed by atoms with van der Waals surface area (Å²) in [7, 11) is 0. The molecule has 2 atom stereocenters. The summed E-state index contributed by atoms with van der Waals surface area (Å²) < 4.78 is 5.44. The Morgan fingerprint density at radius 2 is 1.62 bits per heavy atom. The summed E-state index contributed by atoms with van der Waals surface area (Å²) in [5, 5.41) is 22.3. The van der Waals surface area contributed by atoms with Crippen molar-refractivity contribution in [1.82, 2.24) is 0 Å². The molecule has 0 bridgehead atoms. The first-order valence-electron chi connectivity index (χ1n) is 11.5. The van der Waals surface area contributed by atoms with E-state index in [1.54, 1.807) is 25.1 Å². The second kappa shape index (κ2) is 10.1. The molecular weight excluding hydrogens is 452 g/mol. The molecule has 186 valence electrons. The molecule has 0 fully saturated rings. The van der Waals surface area contributed by atoms with E-state index in [0.717, 1.165) is 11.1 Å². The van der Waals surface area contributed by atoms with Crippen LogP contribution in [0, 0.1) is 25.2 Å². The monoisotopic (exact) mass is 488 g/mol. The zero-order chi connectivity index (χ0) is 26.1. The van der Waals surface area contributed by atoms with Crippen LogP contribution >= 0.6 is 11.6 Å². The van der Waals surface area contributed by atoms with Gasteiger partial charge in [0.2, 0.25) is 0 Å². The van der Waals surface area contributed by atoms with Gasteiger partial charge in [0.05, 0.1) is 18.1 Å². The molecule has 2 N–H and O–H groups in total. The first-order chi connectivity index (χ1) is 15.5. The summed E-state index contributed by atoms with van der Waals surface area (Å²) in [6.07, 6.45) is 0.139. The lowest BCUT2D eigenvalue weighted by Crippen LogP contribution is -2.43. The highest BCUT2D eigenvalue weighted by molar-refractivity contribution is 6.30. The molecule has 0 amide bonds. The minimum Gasteiger partial charge on any atom is -0.481 e. The molecule has 0 aliphatic heterocycles. The molecule has 5 nitrogen and oxygen atoms in total. The Kier molecular flexibility index (Phi) is 8.27. The largest absolute Gasteiger partial charge is 0.481 e. The zero-order valence-electron chi connectivity index (χ0n) is 21.5. The van der Waals surface area contributed by atoms with E-state index in [4.69, 9.17) is 16.3 Å². The van der Waals surface area contributed by atoms with Gasteiger partial charge in [-0.15, -0.1) is 0 Å². The van der Waals surface area contributed by atoms with Crippen LogP contribution in [0.2, 0.25) is 5.02 Å². The normalized spacial score (nSPS) is 14.9.